The summed E-state index contributed by atoms with van der Waals surface area (Å²) in [6.07, 6.45) is 0. The van der Waals surface area contributed by atoms with Gasteiger partial charge in [0, 0.05) is 81.0 Å². The van der Waals surface area contributed by atoms with Gasteiger partial charge in [0.15, 0.2) is 0 Å². The average Bonchev–Trinajstić information content (AvgIpc) is 0. The van der Waals surface area contributed by atoms with Gasteiger partial charge in [0.25, 0.3) is 0 Å². The smallest absolute Gasteiger partial charge is 0 e. The maximum Gasteiger partial charge on any atom is 0 e. The van der Waals surface area contributed by atoms with E-state index < -0.39 is 0 Å². The van der Waals surface area contributed by atoms with E-state index in [4.69, 9.17) is 0 Å². The van der Waals surface area contributed by atoms with Gasteiger partial charge < -0.3 is 0 Å². The monoisotopic (exact) mass is 433 g/mol. The molecule has 0 aliphatic heterocycles. The first kappa shape index (κ1) is 30.5. The second-order valence-electron chi connectivity index (χ2n) is 0. The van der Waals surface area contributed by atoms with Crippen LogP contribution in [0.15, 0.2) is 0 Å². The van der Waals surface area contributed by atoms with E-state index >= 15 is 0 Å². The zero-order valence-corrected chi connectivity index (χ0v) is 9.71. The van der Waals surface area contributed by atoms with Crippen molar-refractivity contribution in [3.05, 3.63) is 0 Å². The molecule has 0 aromatic heterocycles. The van der Waals surface area contributed by atoms with Crippen LogP contribution >= 0.6 is 0 Å². The molecule has 0 rings (SSSR count). The molecule has 0 N–H and O–H groups in total. The summed E-state index contributed by atoms with van der Waals surface area (Å²) in [6, 6.07) is 0. The fraction of sp³-hybridized carbons (Fsp3) is 0. The summed E-state index contributed by atoms with van der Waals surface area (Å²) in [6.45, 7) is 0. The quantitative estimate of drug-likeness (QED) is 0.474. The second-order valence-corrected chi connectivity index (χ2v) is 0. The van der Waals surface area contributed by atoms with E-state index in [-0.39, 0.29) is 81.0 Å². The summed E-state index contributed by atoms with van der Waals surface area (Å²) < 4.78 is 0. The molecule has 0 fully saturated rings. The third kappa shape index (κ3) is 8.82. The van der Waals surface area contributed by atoms with Crippen LogP contribution in [0.2, 0.25) is 0 Å². The topological polar surface area (TPSA) is 0 Å². The van der Waals surface area contributed by atoms with Gasteiger partial charge in [-0.2, -0.15) is 0 Å². The van der Waals surface area contributed by atoms with Gasteiger partial charge in [0.1, 0.15) is 0 Å². The third-order valence-corrected chi connectivity index (χ3v) is 0. The normalized spacial score (nSPS) is 0. The summed E-state index contributed by atoms with van der Waals surface area (Å²) in [4.78, 5) is 0. The van der Waals surface area contributed by atoms with Crippen molar-refractivity contribution in [1.82, 2.24) is 0 Å². The van der Waals surface area contributed by atoms with Gasteiger partial charge in [-0.15, -0.1) is 0 Å². The maximum atomic E-state index is 0. The molecule has 0 aliphatic carbocycles. The van der Waals surface area contributed by atoms with Crippen LogP contribution in [-0.2, 0) is 81.0 Å². The molecule has 27 valence electrons. The fourth-order valence-electron chi connectivity index (χ4n) is 0. The predicted molar refractivity (Wildman–Crippen MR) is 0 cm³/mol. The van der Waals surface area contributed by atoms with E-state index in [2.05, 4.69) is 0 Å². The van der Waals surface area contributed by atoms with Gasteiger partial charge in [-0.1, -0.05) is 0 Å². The Kier molecular flexibility index (Phi) is 134. The molecule has 0 aliphatic rings. The molecule has 0 aromatic carbocycles. The van der Waals surface area contributed by atoms with Gasteiger partial charge >= 0.3 is 0 Å². The Morgan fingerprint density at radius 1 is 1.00 bits per heavy atom. The third-order valence-electron chi connectivity index (χ3n) is 0. The Balaban J connectivity index is 0. The van der Waals surface area contributed by atoms with E-state index in [1.807, 2.05) is 0 Å². The second kappa shape index (κ2) is 17.5. The Hall–Kier alpha value is 2.61. The molecule has 0 heterocycles. The Morgan fingerprint density at radius 2 is 1.00 bits per heavy atom. The van der Waals surface area contributed by atoms with Crippen LogP contribution in [-0.4, -0.2) is 0 Å². The van der Waals surface area contributed by atoms with Crippen LogP contribution < -0.4 is 0 Å². The largest absolute Gasteiger partial charge is 0 e. The molecule has 0 amide bonds. The van der Waals surface area contributed by atoms with Crippen LogP contribution in [0, 0.1) is 0 Å². The summed E-state index contributed by atoms with van der Waals surface area (Å²) in [5.74, 6) is 0. The minimum Gasteiger partial charge on any atom is 0 e. The molecular weight excluding hydrogens is 431 g/mol. The van der Waals surface area contributed by atoms with Gasteiger partial charge in [0.2, 0.25) is 0 Å². The Labute approximate surface area is 79.8 Å². The molecule has 4 heteroatoms. The molecule has 0 spiro atoms. The average molecular weight is 431 g/mol. The first-order valence-corrected chi connectivity index (χ1v) is 0. The molecule has 1 radical (unpaired) electrons. The minimum atomic E-state index is 0. The Bertz CT molecular complexity index is 8.00. The number of hydrogen-bond acceptors (Lipinski definition) is 0. The number of rotatable bonds is 0. The van der Waals surface area contributed by atoms with Crippen LogP contribution in [0.5, 0.6) is 0 Å². The minimum absolute atomic E-state index is 0. The van der Waals surface area contributed by atoms with E-state index in [1.165, 1.54) is 0 Å². The van der Waals surface area contributed by atoms with Crippen LogP contribution in [0.1, 0.15) is 0 Å². The van der Waals surface area contributed by atoms with Crippen molar-refractivity contribution in [2.75, 3.05) is 0 Å². The van der Waals surface area contributed by atoms with E-state index in [0.717, 1.165) is 0 Å². The SMILES string of the molecule is [Mo].[Nb].[Ni].[W]. The van der Waals surface area contributed by atoms with Crippen molar-refractivity contribution < 1.29 is 81.0 Å². The molecule has 0 aromatic rings. The summed E-state index contributed by atoms with van der Waals surface area (Å²) in [5.41, 5.74) is 0. The standard InChI is InChI=1S/Mo.Nb.Ni.W. The molecule has 4 heavy (non-hydrogen) atoms. The van der Waals surface area contributed by atoms with E-state index in [0.29, 0.717) is 0 Å². The number of hydrogen-bond donors (Lipinski definition) is 0. The van der Waals surface area contributed by atoms with Gasteiger partial charge in [0.05, 0.1) is 0 Å². The molecule has 0 saturated carbocycles. The zero-order chi connectivity index (χ0) is 0. The fourth-order valence-corrected chi connectivity index (χ4v) is 0. The van der Waals surface area contributed by atoms with Gasteiger partial charge in [-0.25, -0.2) is 0 Å². The Morgan fingerprint density at radius 3 is 1.00 bits per heavy atom. The van der Waals surface area contributed by atoms with Gasteiger partial charge in [-0.05, 0) is 0 Å². The zero-order valence-electron chi connectivity index (χ0n) is 1.58. The van der Waals surface area contributed by atoms with E-state index in [9.17, 15) is 0 Å². The first-order chi connectivity index (χ1) is 0. The summed E-state index contributed by atoms with van der Waals surface area (Å²) >= 11 is 0. The van der Waals surface area contributed by atoms with Crippen LogP contribution in [0.4, 0.5) is 0 Å². The van der Waals surface area contributed by atoms with Crippen molar-refractivity contribution in [3.63, 3.8) is 0 Å². The molecule has 0 bridgehead atoms. The van der Waals surface area contributed by atoms with Crippen molar-refractivity contribution >= 4 is 0 Å². The van der Waals surface area contributed by atoms with Crippen molar-refractivity contribution in [1.29, 1.82) is 0 Å². The molecule has 0 atom stereocenters. The van der Waals surface area contributed by atoms with Gasteiger partial charge in [-0.3, -0.25) is 0 Å². The summed E-state index contributed by atoms with van der Waals surface area (Å²) in [7, 11) is 0. The molecular formula is MoNbNiW. The summed E-state index contributed by atoms with van der Waals surface area (Å²) in [5, 5.41) is 0. The van der Waals surface area contributed by atoms with Crippen molar-refractivity contribution in [2.24, 2.45) is 0 Å². The molecule has 0 saturated heterocycles. The first-order valence-electron chi connectivity index (χ1n) is 0. The van der Waals surface area contributed by atoms with Crippen molar-refractivity contribution in [2.45, 2.75) is 0 Å². The van der Waals surface area contributed by atoms with Crippen LogP contribution in [0.25, 0.3) is 0 Å². The molecule has 0 unspecified atom stereocenters. The van der Waals surface area contributed by atoms with Crippen molar-refractivity contribution in [3.8, 4) is 0 Å². The molecule has 0 nitrogen and oxygen atoms in total. The predicted octanol–water partition coefficient (Wildman–Crippen LogP) is -0.0100. The van der Waals surface area contributed by atoms with Crippen LogP contribution in [0.3, 0.4) is 0 Å². The maximum absolute atomic E-state index is 0. The van der Waals surface area contributed by atoms with E-state index in [1.54, 1.807) is 0 Å².